The Kier molecular flexibility index (Phi) is 3.67. The van der Waals surface area contributed by atoms with Crippen LogP contribution >= 0.6 is 0 Å². The molecule has 19 heavy (non-hydrogen) atoms. The third-order valence-electron chi connectivity index (χ3n) is 2.50. The molecular formula is C12H12N4O3. The number of hydrogen-bond acceptors (Lipinski definition) is 5. The van der Waals surface area contributed by atoms with Crippen molar-refractivity contribution in [3.63, 3.8) is 0 Å². The number of nitrogens with zero attached hydrogens (tertiary/aromatic N) is 2. The number of nitro benzene ring substituents is 1. The second kappa shape index (κ2) is 5.40. The molecular weight excluding hydrogens is 248 g/mol. The fourth-order valence-corrected chi connectivity index (χ4v) is 1.66. The molecule has 2 rings (SSSR count). The van der Waals surface area contributed by atoms with E-state index in [-0.39, 0.29) is 11.2 Å². The lowest BCUT2D eigenvalue weighted by atomic mass is 10.2. The molecule has 1 aromatic heterocycles. The van der Waals surface area contributed by atoms with E-state index in [4.69, 9.17) is 0 Å². The van der Waals surface area contributed by atoms with Gasteiger partial charge in [-0.05, 0) is 19.2 Å². The molecule has 0 saturated heterocycles. The van der Waals surface area contributed by atoms with Crippen LogP contribution in [-0.2, 0) is 6.54 Å². The Morgan fingerprint density at radius 3 is 2.63 bits per heavy atom. The number of aromatic nitrogens is 2. The van der Waals surface area contributed by atoms with Gasteiger partial charge < -0.3 is 10.3 Å². The number of non-ortho nitro benzene ring substituents is 1. The van der Waals surface area contributed by atoms with Crippen molar-refractivity contribution in [3.05, 3.63) is 56.5 Å². The largest absolute Gasteiger partial charge is 0.314 e. The monoisotopic (exact) mass is 260 g/mol. The third-order valence-corrected chi connectivity index (χ3v) is 2.50. The van der Waals surface area contributed by atoms with Gasteiger partial charge in [0.25, 0.3) is 11.2 Å². The lowest BCUT2D eigenvalue weighted by Gasteiger charge is -2.03. The Morgan fingerprint density at radius 2 is 2.05 bits per heavy atom. The van der Waals surface area contributed by atoms with Crippen LogP contribution in [0.1, 0.15) is 5.69 Å². The van der Waals surface area contributed by atoms with Crippen LogP contribution in [0, 0.1) is 10.1 Å². The zero-order chi connectivity index (χ0) is 13.8. The third kappa shape index (κ3) is 3.02. The van der Waals surface area contributed by atoms with Crippen molar-refractivity contribution in [2.24, 2.45) is 0 Å². The highest BCUT2D eigenvalue weighted by Gasteiger charge is 2.07. The molecule has 7 nitrogen and oxygen atoms in total. The maximum atomic E-state index is 11.5. The molecule has 0 aliphatic carbocycles. The first-order valence-corrected chi connectivity index (χ1v) is 5.60. The average Bonchev–Trinajstić information content (AvgIpc) is 2.38. The minimum absolute atomic E-state index is 0.00234. The van der Waals surface area contributed by atoms with Gasteiger partial charge in [0.05, 0.1) is 10.6 Å². The number of aromatic amines is 1. The number of hydrogen-bond donors (Lipinski definition) is 2. The minimum atomic E-state index is -0.475. The number of benzene rings is 1. The van der Waals surface area contributed by atoms with Crippen LogP contribution in [0.4, 0.5) is 5.69 Å². The predicted octanol–water partition coefficient (Wildman–Crippen LogP) is 1.06. The van der Waals surface area contributed by atoms with Crippen molar-refractivity contribution in [1.29, 1.82) is 0 Å². The summed E-state index contributed by atoms with van der Waals surface area (Å²) in [5, 5.41) is 13.5. The van der Waals surface area contributed by atoms with Crippen LogP contribution in [0.25, 0.3) is 11.4 Å². The van der Waals surface area contributed by atoms with E-state index in [1.54, 1.807) is 19.2 Å². The summed E-state index contributed by atoms with van der Waals surface area (Å²) in [4.78, 5) is 28.5. The fourth-order valence-electron chi connectivity index (χ4n) is 1.66. The second-order valence-corrected chi connectivity index (χ2v) is 3.92. The quantitative estimate of drug-likeness (QED) is 0.632. The number of H-pyrrole nitrogens is 1. The summed E-state index contributed by atoms with van der Waals surface area (Å²) >= 11 is 0. The van der Waals surface area contributed by atoms with Crippen molar-refractivity contribution in [3.8, 4) is 11.4 Å². The Morgan fingerprint density at radius 1 is 1.37 bits per heavy atom. The summed E-state index contributed by atoms with van der Waals surface area (Å²) in [5.41, 5.74) is 0.978. The molecule has 0 fully saturated rings. The molecule has 0 amide bonds. The first kappa shape index (κ1) is 12.9. The fraction of sp³-hybridized carbons (Fsp3) is 0.167. The SMILES string of the molecule is CNCc1cc(=O)[nH]c(-c2ccc([N+](=O)[O-])cc2)n1. The van der Waals surface area contributed by atoms with Crippen LogP contribution in [0.15, 0.2) is 35.1 Å². The molecule has 0 saturated carbocycles. The highest BCUT2D eigenvalue weighted by Crippen LogP contribution is 2.18. The van der Waals surface area contributed by atoms with Crippen LogP contribution < -0.4 is 10.9 Å². The summed E-state index contributed by atoms with van der Waals surface area (Å²) < 4.78 is 0. The standard InChI is InChI=1S/C12H12N4O3/c1-13-7-9-6-11(17)15-12(14-9)8-2-4-10(5-3-8)16(18)19/h2-6,13H,7H2,1H3,(H,14,15,17). The van der Waals surface area contributed by atoms with Crippen LogP contribution in [0.3, 0.4) is 0 Å². The molecule has 0 aliphatic rings. The summed E-state index contributed by atoms with van der Waals surface area (Å²) in [7, 11) is 1.76. The van der Waals surface area contributed by atoms with Gasteiger partial charge in [-0.3, -0.25) is 14.9 Å². The van der Waals surface area contributed by atoms with E-state index >= 15 is 0 Å². The normalized spacial score (nSPS) is 10.4. The van der Waals surface area contributed by atoms with Gasteiger partial charge >= 0.3 is 0 Å². The van der Waals surface area contributed by atoms with Crippen LogP contribution in [0.5, 0.6) is 0 Å². The maximum absolute atomic E-state index is 11.5. The molecule has 0 aliphatic heterocycles. The zero-order valence-corrected chi connectivity index (χ0v) is 10.2. The molecule has 1 aromatic carbocycles. The molecule has 2 N–H and O–H groups in total. The second-order valence-electron chi connectivity index (χ2n) is 3.92. The van der Waals surface area contributed by atoms with Crippen molar-refractivity contribution in [2.45, 2.75) is 6.54 Å². The van der Waals surface area contributed by atoms with Crippen molar-refractivity contribution in [1.82, 2.24) is 15.3 Å². The van der Waals surface area contributed by atoms with E-state index in [0.717, 1.165) is 0 Å². The van der Waals surface area contributed by atoms with E-state index in [0.29, 0.717) is 23.6 Å². The first-order valence-electron chi connectivity index (χ1n) is 5.60. The average molecular weight is 260 g/mol. The summed E-state index contributed by atoms with van der Waals surface area (Å²) in [5.74, 6) is 0.396. The van der Waals surface area contributed by atoms with E-state index in [1.807, 2.05) is 0 Å². The van der Waals surface area contributed by atoms with Gasteiger partial charge in [-0.2, -0.15) is 0 Å². The lowest BCUT2D eigenvalue weighted by Crippen LogP contribution is -2.14. The molecule has 0 spiro atoms. The molecule has 98 valence electrons. The Bertz CT molecular complexity index is 649. The maximum Gasteiger partial charge on any atom is 0.269 e. The van der Waals surface area contributed by atoms with Gasteiger partial charge in [-0.1, -0.05) is 0 Å². The Hall–Kier alpha value is -2.54. The van der Waals surface area contributed by atoms with Crippen molar-refractivity contribution >= 4 is 5.69 Å². The van der Waals surface area contributed by atoms with Gasteiger partial charge in [-0.15, -0.1) is 0 Å². The zero-order valence-electron chi connectivity index (χ0n) is 10.2. The lowest BCUT2D eigenvalue weighted by molar-refractivity contribution is -0.384. The van der Waals surface area contributed by atoms with Crippen LogP contribution in [-0.4, -0.2) is 21.9 Å². The Labute approximate surface area is 108 Å². The number of nitro groups is 1. The minimum Gasteiger partial charge on any atom is -0.314 e. The highest BCUT2D eigenvalue weighted by molar-refractivity contribution is 5.57. The smallest absolute Gasteiger partial charge is 0.269 e. The molecule has 1 heterocycles. The number of rotatable bonds is 4. The Balaban J connectivity index is 2.40. The summed E-state index contributed by atoms with van der Waals surface area (Å²) in [6.45, 7) is 0.476. The van der Waals surface area contributed by atoms with Gasteiger partial charge in [-0.25, -0.2) is 4.98 Å². The van der Waals surface area contributed by atoms with E-state index < -0.39 is 4.92 Å². The summed E-state index contributed by atoms with van der Waals surface area (Å²) in [6, 6.07) is 7.27. The van der Waals surface area contributed by atoms with E-state index in [2.05, 4.69) is 15.3 Å². The predicted molar refractivity (Wildman–Crippen MR) is 69.7 cm³/mol. The molecule has 0 unspecified atom stereocenters. The summed E-state index contributed by atoms with van der Waals surface area (Å²) in [6.07, 6.45) is 0. The topological polar surface area (TPSA) is 101 Å². The molecule has 0 bridgehead atoms. The van der Waals surface area contributed by atoms with E-state index in [9.17, 15) is 14.9 Å². The molecule has 2 aromatic rings. The van der Waals surface area contributed by atoms with Crippen LogP contribution in [0.2, 0.25) is 0 Å². The molecule has 0 atom stereocenters. The van der Waals surface area contributed by atoms with Gasteiger partial charge in [0.2, 0.25) is 0 Å². The molecule has 0 radical (unpaired) electrons. The first-order chi connectivity index (χ1) is 9.10. The van der Waals surface area contributed by atoms with E-state index in [1.165, 1.54) is 18.2 Å². The van der Waals surface area contributed by atoms with Gasteiger partial charge in [0.15, 0.2) is 0 Å². The highest BCUT2D eigenvalue weighted by atomic mass is 16.6. The van der Waals surface area contributed by atoms with Gasteiger partial charge in [0.1, 0.15) is 5.82 Å². The van der Waals surface area contributed by atoms with Gasteiger partial charge in [0, 0.05) is 30.3 Å². The van der Waals surface area contributed by atoms with Crippen molar-refractivity contribution in [2.75, 3.05) is 7.05 Å². The number of nitrogens with one attached hydrogen (secondary N) is 2. The van der Waals surface area contributed by atoms with Crippen molar-refractivity contribution < 1.29 is 4.92 Å². The molecule has 7 heteroatoms.